The van der Waals surface area contributed by atoms with Crippen LogP contribution in [0.2, 0.25) is 0 Å². The molecule has 1 saturated heterocycles. The monoisotopic (exact) mass is 181 g/mol. The molecule has 0 bridgehead atoms. The quantitative estimate of drug-likeness (QED) is 0.648. The first kappa shape index (κ1) is 10.6. The molecular weight excluding hydrogens is 162 g/mol. The first-order valence-electron chi connectivity index (χ1n) is 5.08. The second-order valence-corrected chi connectivity index (χ2v) is 3.89. The molecule has 0 aliphatic carbocycles. The normalized spacial score (nSPS) is 30.8. The summed E-state index contributed by atoms with van der Waals surface area (Å²) in [5.74, 6) is 2.57. The number of nitrogens with zero attached hydrogens (tertiary/aromatic N) is 1. The lowest BCUT2D eigenvalue weighted by Gasteiger charge is -2.24. The van der Waals surface area contributed by atoms with Crippen molar-refractivity contribution in [1.82, 2.24) is 4.90 Å². The van der Waals surface area contributed by atoms with Crippen LogP contribution in [0.5, 0.6) is 0 Å². The highest BCUT2D eigenvalue weighted by molar-refractivity contribution is 4.96. The SMILES string of the molecule is C#CCC1(O)CCCN(CC)CC1. The average Bonchev–Trinajstić information content (AvgIpc) is 2.28. The Morgan fingerprint density at radius 1 is 1.46 bits per heavy atom. The van der Waals surface area contributed by atoms with Gasteiger partial charge in [0.2, 0.25) is 0 Å². The molecule has 0 aromatic rings. The Morgan fingerprint density at radius 3 is 2.85 bits per heavy atom. The summed E-state index contributed by atoms with van der Waals surface area (Å²) < 4.78 is 0. The van der Waals surface area contributed by atoms with E-state index in [2.05, 4.69) is 17.7 Å². The van der Waals surface area contributed by atoms with Crippen LogP contribution < -0.4 is 0 Å². The third-order valence-electron chi connectivity index (χ3n) is 2.89. The Balaban J connectivity index is 2.48. The zero-order chi connectivity index (χ0) is 9.73. The second-order valence-electron chi connectivity index (χ2n) is 3.89. The molecular formula is C11H19NO. The fourth-order valence-corrected chi connectivity index (χ4v) is 1.92. The van der Waals surface area contributed by atoms with Gasteiger partial charge in [-0.3, -0.25) is 0 Å². The fourth-order valence-electron chi connectivity index (χ4n) is 1.92. The summed E-state index contributed by atoms with van der Waals surface area (Å²) in [7, 11) is 0. The predicted octanol–water partition coefficient (Wildman–Crippen LogP) is 1.25. The first-order chi connectivity index (χ1) is 6.20. The highest BCUT2D eigenvalue weighted by Crippen LogP contribution is 2.24. The van der Waals surface area contributed by atoms with Gasteiger partial charge in [-0.1, -0.05) is 6.92 Å². The molecule has 1 fully saturated rings. The van der Waals surface area contributed by atoms with Crippen LogP contribution in [0, 0.1) is 12.3 Å². The third-order valence-corrected chi connectivity index (χ3v) is 2.89. The molecule has 74 valence electrons. The van der Waals surface area contributed by atoms with E-state index in [1.54, 1.807) is 0 Å². The lowest BCUT2D eigenvalue weighted by Crippen LogP contribution is -2.30. The lowest BCUT2D eigenvalue weighted by molar-refractivity contribution is 0.0306. The molecule has 0 spiro atoms. The van der Waals surface area contributed by atoms with Crippen LogP contribution in [0.15, 0.2) is 0 Å². The molecule has 1 atom stereocenters. The largest absolute Gasteiger partial charge is 0.389 e. The van der Waals surface area contributed by atoms with Gasteiger partial charge in [0.15, 0.2) is 0 Å². The van der Waals surface area contributed by atoms with Gasteiger partial charge in [-0.25, -0.2) is 0 Å². The van der Waals surface area contributed by atoms with Crippen molar-refractivity contribution in [2.75, 3.05) is 19.6 Å². The van der Waals surface area contributed by atoms with Crippen LogP contribution in [-0.4, -0.2) is 35.2 Å². The van der Waals surface area contributed by atoms with Gasteiger partial charge in [0.1, 0.15) is 0 Å². The van der Waals surface area contributed by atoms with Crippen molar-refractivity contribution in [3.05, 3.63) is 0 Å². The molecule has 1 heterocycles. The topological polar surface area (TPSA) is 23.5 Å². The van der Waals surface area contributed by atoms with Crippen LogP contribution in [0.25, 0.3) is 0 Å². The molecule has 1 rings (SSSR count). The van der Waals surface area contributed by atoms with Gasteiger partial charge in [0.05, 0.1) is 5.60 Å². The van der Waals surface area contributed by atoms with Crippen molar-refractivity contribution in [3.8, 4) is 12.3 Å². The van der Waals surface area contributed by atoms with E-state index in [1.165, 1.54) is 0 Å². The number of terminal acetylenes is 1. The summed E-state index contributed by atoms with van der Waals surface area (Å²) in [5, 5.41) is 10.1. The zero-order valence-electron chi connectivity index (χ0n) is 8.42. The van der Waals surface area contributed by atoms with Crippen LogP contribution in [0.4, 0.5) is 0 Å². The van der Waals surface area contributed by atoms with E-state index in [-0.39, 0.29) is 0 Å². The smallest absolute Gasteiger partial charge is 0.0769 e. The molecule has 2 nitrogen and oxygen atoms in total. The zero-order valence-corrected chi connectivity index (χ0v) is 8.42. The minimum Gasteiger partial charge on any atom is -0.389 e. The van der Waals surface area contributed by atoms with E-state index in [0.29, 0.717) is 6.42 Å². The Hall–Kier alpha value is -0.520. The van der Waals surface area contributed by atoms with Crippen molar-refractivity contribution in [1.29, 1.82) is 0 Å². The molecule has 1 aliphatic rings. The molecule has 13 heavy (non-hydrogen) atoms. The van der Waals surface area contributed by atoms with Crippen molar-refractivity contribution in [3.63, 3.8) is 0 Å². The maximum Gasteiger partial charge on any atom is 0.0769 e. The van der Waals surface area contributed by atoms with Gasteiger partial charge in [0.25, 0.3) is 0 Å². The van der Waals surface area contributed by atoms with Crippen LogP contribution in [0.1, 0.15) is 32.6 Å². The lowest BCUT2D eigenvalue weighted by atomic mass is 9.92. The van der Waals surface area contributed by atoms with Crippen molar-refractivity contribution < 1.29 is 5.11 Å². The minimum absolute atomic E-state index is 0.505. The van der Waals surface area contributed by atoms with Crippen LogP contribution >= 0.6 is 0 Å². The van der Waals surface area contributed by atoms with Gasteiger partial charge >= 0.3 is 0 Å². The van der Waals surface area contributed by atoms with E-state index in [9.17, 15) is 5.11 Å². The predicted molar refractivity (Wildman–Crippen MR) is 54.4 cm³/mol. The Kier molecular flexibility index (Phi) is 3.77. The van der Waals surface area contributed by atoms with Crippen molar-refractivity contribution >= 4 is 0 Å². The molecule has 0 saturated carbocycles. The molecule has 2 heteroatoms. The maximum absolute atomic E-state index is 10.1. The van der Waals surface area contributed by atoms with Crippen LogP contribution in [0.3, 0.4) is 0 Å². The standard InChI is InChI=1S/C11H19NO/c1-3-6-11(13)7-5-9-12(4-2)10-8-11/h1,13H,4-10H2,2H3. The summed E-state index contributed by atoms with van der Waals surface area (Å²) >= 11 is 0. The van der Waals surface area contributed by atoms with Crippen molar-refractivity contribution in [2.45, 2.75) is 38.2 Å². The summed E-state index contributed by atoms with van der Waals surface area (Å²) in [6.07, 6.45) is 8.48. The number of hydrogen-bond donors (Lipinski definition) is 1. The molecule has 0 aromatic carbocycles. The first-order valence-corrected chi connectivity index (χ1v) is 5.08. The van der Waals surface area contributed by atoms with Crippen molar-refractivity contribution in [2.24, 2.45) is 0 Å². The van der Waals surface area contributed by atoms with E-state index < -0.39 is 5.60 Å². The fraction of sp³-hybridized carbons (Fsp3) is 0.818. The maximum atomic E-state index is 10.1. The van der Waals surface area contributed by atoms with Gasteiger partial charge in [-0.05, 0) is 32.4 Å². The molecule has 0 radical (unpaired) electrons. The Bertz CT molecular complexity index is 197. The third kappa shape index (κ3) is 3.02. The van der Waals surface area contributed by atoms with Gasteiger partial charge in [-0.15, -0.1) is 12.3 Å². The molecule has 1 aliphatic heterocycles. The van der Waals surface area contributed by atoms with Gasteiger partial charge in [0, 0.05) is 13.0 Å². The Morgan fingerprint density at radius 2 is 2.23 bits per heavy atom. The van der Waals surface area contributed by atoms with Gasteiger partial charge in [-0.2, -0.15) is 0 Å². The summed E-state index contributed by atoms with van der Waals surface area (Å²) in [4.78, 5) is 2.37. The highest BCUT2D eigenvalue weighted by atomic mass is 16.3. The number of aliphatic hydroxyl groups is 1. The molecule has 0 amide bonds. The second kappa shape index (κ2) is 4.64. The number of hydrogen-bond acceptors (Lipinski definition) is 2. The minimum atomic E-state index is -0.585. The van der Waals surface area contributed by atoms with E-state index in [1.807, 2.05) is 0 Å². The van der Waals surface area contributed by atoms with E-state index >= 15 is 0 Å². The molecule has 1 N–H and O–H groups in total. The summed E-state index contributed by atoms with van der Waals surface area (Å²) in [5.41, 5.74) is -0.585. The molecule has 1 unspecified atom stereocenters. The van der Waals surface area contributed by atoms with E-state index in [4.69, 9.17) is 6.42 Å². The number of rotatable bonds is 2. The van der Waals surface area contributed by atoms with Gasteiger partial charge < -0.3 is 10.0 Å². The van der Waals surface area contributed by atoms with E-state index in [0.717, 1.165) is 38.9 Å². The average molecular weight is 181 g/mol. The summed E-state index contributed by atoms with van der Waals surface area (Å²) in [6.45, 7) is 5.32. The molecule has 0 aromatic heterocycles. The van der Waals surface area contributed by atoms with Crippen LogP contribution in [-0.2, 0) is 0 Å². The summed E-state index contributed by atoms with van der Waals surface area (Å²) in [6, 6.07) is 0. The number of likely N-dealkylation sites (tertiary alicyclic amines) is 1. The highest BCUT2D eigenvalue weighted by Gasteiger charge is 2.28. The Labute approximate surface area is 80.9 Å².